The van der Waals surface area contributed by atoms with Crippen LogP contribution in [0.1, 0.15) is 39.5 Å². The summed E-state index contributed by atoms with van der Waals surface area (Å²) in [6.45, 7) is 3.95. The summed E-state index contributed by atoms with van der Waals surface area (Å²) in [5.41, 5.74) is 0. The third-order valence-electron chi connectivity index (χ3n) is 1.60. The first-order valence-corrected chi connectivity index (χ1v) is 4.75. The summed E-state index contributed by atoms with van der Waals surface area (Å²) < 4.78 is 17.3. The molecule has 0 N–H and O–H groups in total. The van der Waals surface area contributed by atoms with Gasteiger partial charge in [-0.2, -0.15) is 4.39 Å². The molecule has 2 nitrogen and oxygen atoms in total. The van der Waals surface area contributed by atoms with E-state index in [0.717, 1.165) is 19.3 Å². The highest BCUT2D eigenvalue weighted by atomic mass is 19.1. The van der Waals surface area contributed by atoms with Gasteiger partial charge in [0.15, 0.2) is 0 Å². The Morgan fingerprint density at radius 3 is 2.62 bits per heavy atom. The fraction of sp³-hybridized carbons (Fsp3) is 0.700. The number of hydrogen-bond donors (Lipinski definition) is 0. The fourth-order valence-electron chi connectivity index (χ4n) is 0.906. The van der Waals surface area contributed by atoms with Crippen LogP contribution in [0.4, 0.5) is 4.39 Å². The van der Waals surface area contributed by atoms with E-state index < -0.39 is 11.8 Å². The van der Waals surface area contributed by atoms with Crippen molar-refractivity contribution in [2.24, 2.45) is 0 Å². The zero-order chi connectivity index (χ0) is 10.1. The standard InChI is InChI=1S/C10H17FO2/c1-3-5-6-7-8-9(11)10(12)13-4-2/h8H,3-7H2,1-2H3/b9-8-. The van der Waals surface area contributed by atoms with Crippen molar-refractivity contribution >= 4 is 5.97 Å². The van der Waals surface area contributed by atoms with E-state index in [1.54, 1.807) is 6.92 Å². The van der Waals surface area contributed by atoms with Crippen molar-refractivity contribution < 1.29 is 13.9 Å². The van der Waals surface area contributed by atoms with Crippen LogP contribution in [-0.4, -0.2) is 12.6 Å². The maximum Gasteiger partial charge on any atom is 0.366 e. The summed E-state index contributed by atoms with van der Waals surface area (Å²) in [6.07, 6.45) is 4.98. The molecule has 0 unspecified atom stereocenters. The average Bonchev–Trinajstić information content (AvgIpc) is 2.12. The summed E-state index contributed by atoms with van der Waals surface area (Å²) >= 11 is 0. The highest BCUT2D eigenvalue weighted by Gasteiger charge is 2.07. The van der Waals surface area contributed by atoms with Gasteiger partial charge in [0.05, 0.1) is 6.61 Å². The minimum Gasteiger partial charge on any atom is -0.461 e. The van der Waals surface area contributed by atoms with Gasteiger partial charge in [0, 0.05) is 0 Å². The summed E-state index contributed by atoms with van der Waals surface area (Å²) in [5.74, 6) is -1.61. The van der Waals surface area contributed by atoms with Crippen LogP contribution >= 0.6 is 0 Å². The molecular weight excluding hydrogens is 171 g/mol. The van der Waals surface area contributed by atoms with Gasteiger partial charge in [-0.1, -0.05) is 19.8 Å². The second-order valence-corrected chi connectivity index (χ2v) is 2.77. The molecule has 0 radical (unpaired) electrons. The van der Waals surface area contributed by atoms with Gasteiger partial charge in [0.25, 0.3) is 0 Å². The van der Waals surface area contributed by atoms with Crippen LogP contribution in [0.15, 0.2) is 11.9 Å². The van der Waals surface area contributed by atoms with Gasteiger partial charge in [0.1, 0.15) is 0 Å². The van der Waals surface area contributed by atoms with Crippen molar-refractivity contribution in [3.05, 3.63) is 11.9 Å². The van der Waals surface area contributed by atoms with Crippen LogP contribution < -0.4 is 0 Å². The van der Waals surface area contributed by atoms with Crippen molar-refractivity contribution in [2.75, 3.05) is 6.61 Å². The van der Waals surface area contributed by atoms with Crippen molar-refractivity contribution in [3.63, 3.8) is 0 Å². The van der Waals surface area contributed by atoms with Gasteiger partial charge in [-0.15, -0.1) is 0 Å². The monoisotopic (exact) mass is 188 g/mol. The minimum absolute atomic E-state index is 0.217. The maximum atomic E-state index is 12.8. The van der Waals surface area contributed by atoms with Crippen molar-refractivity contribution in [2.45, 2.75) is 39.5 Å². The number of hydrogen-bond acceptors (Lipinski definition) is 2. The molecule has 0 bridgehead atoms. The molecule has 3 heteroatoms. The van der Waals surface area contributed by atoms with Gasteiger partial charge < -0.3 is 4.74 Å². The van der Waals surface area contributed by atoms with Gasteiger partial charge in [-0.05, 0) is 25.8 Å². The van der Waals surface area contributed by atoms with Gasteiger partial charge in [-0.3, -0.25) is 0 Å². The number of ether oxygens (including phenoxy) is 1. The number of rotatable bonds is 6. The van der Waals surface area contributed by atoms with Crippen LogP contribution in [0.5, 0.6) is 0 Å². The van der Waals surface area contributed by atoms with Gasteiger partial charge in [0.2, 0.25) is 5.83 Å². The molecule has 0 spiro atoms. The lowest BCUT2D eigenvalue weighted by Crippen LogP contribution is -2.03. The number of esters is 1. The predicted octanol–water partition coefficient (Wildman–Crippen LogP) is 2.98. The van der Waals surface area contributed by atoms with Crippen molar-refractivity contribution in [3.8, 4) is 0 Å². The normalized spacial score (nSPS) is 11.5. The molecule has 0 saturated carbocycles. The summed E-state index contributed by atoms with van der Waals surface area (Å²) in [7, 11) is 0. The molecule has 0 aliphatic rings. The Labute approximate surface area is 78.8 Å². The Bertz CT molecular complexity index is 176. The molecule has 0 aromatic carbocycles. The van der Waals surface area contributed by atoms with E-state index in [-0.39, 0.29) is 6.61 Å². The van der Waals surface area contributed by atoms with E-state index in [1.165, 1.54) is 6.08 Å². The van der Waals surface area contributed by atoms with E-state index in [0.29, 0.717) is 6.42 Å². The third kappa shape index (κ3) is 6.31. The van der Waals surface area contributed by atoms with E-state index >= 15 is 0 Å². The van der Waals surface area contributed by atoms with Gasteiger partial charge >= 0.3 is 5.97 Å². The summed E-state index contributed by atoms with van der Waals surface area (Å²) in [4.78, 5) is 10.7. The molecule has 13 heavy (non-hydrogen) atoms. The molecule has 0 heterocycles. The average molecular weight is 188 g/mol. The number of unbranched alkanes of at least 4 members (excludes halogenated alkanes) is 3. The first-order chi connectivity index (χ1) is 6.22. The van der Waals surface area contributed by atoms with E-state index in [1.807, 2.05) is 0 Å². The second-order valence-electron chi connectivity index (χ2n) is 2.77. The van der Waals surface area contributed by atoms with E-state index in [2.05, 4.69) is 11.7 Å². The molecule has 0 rings (SSSR count). The van der Waals surface area contributed by atoms with Gasteiger partial charge in [-0.25, -0.2) is 4.79 Å². The molecule has 0 atom stereocenters. The Morgan fingerprint density at radius 2 is 2.08 bits per heavy atom. The third-order valence-corrected chi connectivity index (χ3v) is 1.60. The second kappa shape index (κ2) is 7.77. The quantitative estimate of drug-likeness (QED) is 0.364. The van der Waals surface area contributed by atoms with Crippen LogP contribution in [0, 0.1) is 0 Å². The fourth-order valence-corrected chi connectivity index (χ4v) is 0.906. The summed E-state index contributed by atoms with van der Waals surface area (Å²) in [6, 6.07) is 0. The Hall–Kier alpha value is -0.860. The molecule has 0 amide bonds. The number of halogens is 1. The Kier molecular flexibility index (Phi) is 7.26. The van der Waals surface area contributed by atoms with Crippen molar-refractivity contribution in [1.29, 1.82) is 0 Å². The lowest BCUT2D eigenvalue weighted by molar-refractivity contribution is -0.140. The van der Waals surface area contributed by atoms with Crippen LogP contribution in [-0.2, 0) is 9.53 Å². The maximum absolute atomic E-state index is 12.8. The zero-order valence-corrected chi connectivity index (χ0v) is 8.31. The number of allylic oxidation sites excluding steroid dienone is 1. The predicted molar refractivity (Wildman–Crippen MR) is 50.0 cm³/mol. The van der Waals surface area contributed by atoms with Crippen LogP contribution in [0.25, 0.3) is 0 Å². The number of carbonyl (C=O) groups is 1. The highest BCUT2D eigenvalue weighted by molar-refractivity contribution is 5.85. The topological polar surface area (TPSA) is 26.3 Å². The minimum atomic E-state index is -0.848. The molecule has 0 fully saturated rings. The number of carbonyl (C=O) groups excluding carboxylic acids is 1. The van der Waals surface area contributed by atoms with Crippen LogP contribution in [0.3, 0.4) is 0 Å². The highest BCUT2D eigenvalue weighted by Crippen LogP contribution is 2.06. The molecule has 0 aromatic rings. The van der Waals surface area contributed by atoms with E-state index in [4.69, 9.17) is 0 Å². The molecule has 0 saturated heterocycles. The zero-order valence-electron chi connectivity index (χ0n) is 8.31. The molecule has 0 aliphatic heterocycles. The SMILES string of the molecule is CCCCC/C=C(\F)C(=O)OCC. The van der Waals surface area contributed by atoms with E-state index in [9.17, 15) is 9.18 Å². The van der Waals surface area contributed by atoms with Crippen molar-refractivity contribution in [1.82, 2.24) is 0 Å². The lowest BCUT2D eigenvalue weighted by Gasteiger charge is -1.98. The molecular formula is C10H17FO2. The molecule has 76 valence electrons. The first kappa shape index (κ1) is 12.1. The Balaban J connectivity index is 3.67. The van der Waals surface area contributed by atoms with Crippen LogP contribution in [0.2, 0.25) is 0 Å². The summed E-state index contributed by atoms with van der Waals surface area (Å²) in [5, 5.41) is 0. The lowest BCUT2D eigenvalue weighted by atomic mass is 10.2. The smallest absolute Gasteiger partial charge is 0.366 e. The first-order valence-electron chi connectivity index (χ1n) is 4.75. The Morgan fingerprint density at radius 1 is 1.38 bits per heavy atom. The molecule has 0 aliphatic carbocycles. The molecule has 0 aromatic heterocycles. The largest absolute Gasteiger partial charge is 0.461 e.